The summed E-state index contributed by atoms with van der Waals surface area (Å²) in [4.78, 5) is 15.0. The molecule has 1 heterocycles. The summed E-state index contributed by atoms with van der Waals surface area (Å²) in [5.41, 5.74) is 2.53. The van der Waals surface area contributed by atoms with Crippen molar-refractivity contribution in [2.45, 2.75) is 18.8 Å². The maximum atomic E-state index is 10.8. The van der Waals surface area contributed by atoms with Crippen molar-refractivity contribution in [1.82, 2.24) is 4.98 Å². The first kappa shape index (κ1) is 10.5. The number of carbonyl (C=O) groups is 1. The zero-order valence-corrected chi connectivity index (χ0v) is 9.91. The highest BCUT2D eigenvalue weighted by Crippen LogP contribution is 2.44. The standard InChI is InChI=1S/C13H11NO2S/c15-13(16)11-7-17-12(14-11)10-4-2-1-3-9(10)8-5-6-8/h1-4,7-8H,5-6H2,(H,15,16). The van der Waals surface area contributed by atoms with Gasteiger partial charge in [0, 0.05) is 10.9 Å². The van der Waals surface area contributed by atoms with E-state index < -0.39 is 5.97 Å². The molecule has 4 heteroatoms. The van der Waals surface area contributed by atoms with Crippen LogP contribution in [-0.2, 0) is 0 Å². The Labute approximate surface area is 103 Å². The van der Waals surface area contributed by atoms with Gasteiger partial charge in [-0.15, -0.1) is 11.3 Å². The SMILES string of the molecule is O=C(O)c1csc(-c2ccccc2C2CC2)n1. The molecule has 86 valence electrons. The molecule has 0 unspecified atom stereocenters. The molecular formula is C13H11NO2S. The van der Waals surface area contributed by atoms with E-state index in [4.69, 9.17) is 5.11 Å². The highest BCUT2D eigenvalue weighted by Gasteiger charge is 2.26. The zero-order chi connectivity index (χ0) is 11.8. The number of carboxylic acids is 1. The summed E-state index contributed by atoms with van der Waals surface area (Å²) < 4.78 is 0. The van der Waals surface area contributed by atoms with E-state index in [-0.39, 0.29) is 5.69 Å². The lowest BCUT2D eigenvalue weighted by Gasteiger charge is -2.04. The minimum Gasteiger partial charge on any atom is -0.476 e. The number of rotatable bonds is 3. The molecule has 0 aliphatic heterocycles. The topological polar surface area (TPSA) is 50.2 Å². The van der Waals surface area contributed by atoms with Gasteiger partial charge in [-0.3, -0.25) is 0 Å². The second-order valence-corrected chi connectivity index (χ2v) is 5.06. The van der Waals surface area contributed by atoms with Gasteiger partial charge in [-0.1, -0.05) is 24.3 Å². The van der Waals surface area contributed by atoms with E-state index in [9.17, 15) is 4.79 Å². The molecule has 1 aromatic carbocycles. The lowest BCUT2D eigenvalue weighted by Crippen LogP contribution is -1.96. The second kappa shape index (κ2) is 3.96. The van der Waals surface area contributed by atoms with Crippen molar-refractivity contribution in [3.63, 3.8) is 0 Å². The first-order valence-corrected chi connectivity index (χ1v) is 6.42. The largest absolute Gasteiger partial charge is 0.476 e. The molecule has 1 aromatic heterocycles. The molecule has 1 N–H and O–H groups in total. The fraction of sp³-hybridized carbons (Fsp3) is 0.231. The Bertz CT molecular complexity index is 572. The van der Waals surface area contributed by atoms with E-state index in [1.165, 1.54) is 29.7 Å². The Hall–Kier alpha value is -1.68. The smallest absolute Gasteiger partial charge is 0.355 e. The average molecular weight is 245 g/mol. The fourth-order valence-corrected chi connectivity index (χ4v) is 2.78. The second-order valence-electron chi connectivity index (χ2n) is 4.20. The maximum absolute atomic E-state index is 10.8. The fourth-order valence-electron chi connectivity index (χ4n) is 1.94. The number of hydrogen-bond donors (Lipinski definition) is 1. The molecule has 17 heavy (non-hydrogen) atoms. The highest BCUT2D eigenvalue weighted by atomic mass is 32.1. The molecular weight excluding hydrogens is 234 g/mol. The molecule has 1 saturated carbocycles. The Kier molecular flexibility index (Phi) is 2.44. The molecule has 0 radical (unpaired) electrons. The average Bonchev–Trinajstić information content (AvgIpc) is 3.06. The number of thiazole rings is 1. The van der Waals surface area contributed by atoms with Crippen molar-refractivity contribution in [2.24, 2.45) is 0 Å². The number of aromatic carboxylic acids is 1. The van der Waals surface area contributed by atoms with Gasteiger partial charge >= 0.3 is 5.97 Å². The van der Waals surface area contributed by atoms with Crippen molar-refractivity contribution in [3.8, 4) is 10.6 Å². The minimum absolute atomic E-state index is 0.135. The Morgan fingerprint density at radius 3 is 2.76 bits per heavy atom. The maximum Gasteiger partial charge on any atom is 0.355 e. The monoisotopic (exact) mass is 245 g/mol. The van der Waals surface area contributed by atoms with Crippen LogP contribution in [0.3, 0.4) is 0 Å². The Morgan fingerprint density at radius 2 is 2.12 bits per heavy atom. The molecule has 3 rings (SSSR count). The lowest BCUT2D eigenvalue weighted by molar-refractivity contribution is 0.0691. The Balaban J connectivity index is 2.05. The summed E-state index contributed by atoms with van der Waals surface area (Å²) >= 11 is 1.40. The summed E-state index contributed by atoms with van der Waals surface area (Å²) in [5.74, 6) is -0.320. The molecule has 1 fully saturated rings. The van der Waals surface area contributed by atoms with Gasteiger partial charge in [0.1, 0.15) is 5.01 Å². The third-order valence-corrected chi connectivity index (χ3v) is 3.81. The van der Waals surface area contributed by atoms with Crippen LogP contribution in [0, 0.1) is 0 Å². The number of hydrogen-bond acceptors (Lipinski definition) is 3. The third kappa shape index (κ3) is 1.96. The summed E-state index contributed by atoms with van der Waals surface area (Å²) in [7, 11) is 0. The van der Waals surface area contributed by atoms with Crippen LogP contribution < -0.4 is 0 Å². The first-order valence-electron chi connectivity index (χ1n) is 5.54. The lowest BCUT2D eigenvalue weighted by atomic mass is 10.0. The van der Waals surface area contributed by atoms with E-state index in [0.29, 0.717) is 5.92 Å². The summed E-state index contributed by atoms with van der Waals surface area (Å²) in [6.07, 6.45) is 2.46. The third-order valence-electron chi connectivity index (χ3n) is 2.93. The van der Waals surface area contributed by atoms with E-state index >= 15 is 0 Å². The molecule has 0 atom stereocenters. The van der Waals surface area contributed by atoms with Gasteiger partial charge in [-0.2, -0.15) is 0 Å². The molecule has 0 spiro atoms. The Morgan fingerprint density at radius 1 is 1.35 bits per heavy atom. The molecule has 0 saturated heterocycles. The number of carboxylic acid groups (broad SMARTS) is 1. The molecule has 3 nitrogen and oxygen atoms in total. The van der Waals surface area contributed by atoms with Gasteiger partial charge < -0.3 is 5.11 Å². The molecule has 1 aliphatic carbocycles. The van der Waals surface area contributed by atoms with E-state index in [0.717, 1.165) is 10.6 Å². The number of benzene rings is 1. The predicted molar refractivity (Wildman–Crippen MR) is 66.5 cm³/mol. The van der Waals surface area contributed by atoms with E-state index in [1.807, 2.05) is 18.2 Å². The van der Waals surface area contributed by atoms with Gasteiger partial charge in [0.05, 0.1) is 0 Å². The van der Waals surface area contributed by atoms with Crippen molar-refractivity contribution in [1.29, 1.82) is 0 Å². The molecule has 0 amide bonds. The highest BCUT2D eigenvalue weighted by molar-refractivity contribution is 7.13. The van der Waals surface area contributed by atoms with Crippen LogP contribution in [0.25, 0.3) is 10.6 Å². The van der Waals surface area contributed by atoms with Gasteiger partial charge in [0.2, 0.25) is 0 Å². The van der Waals surface area contributed by atoms with Crippen molar-refractivity contribution >= 4 is 17.3 Å². The van der Waals surface area contributed by atoms with E-state index in [2.05, 4.69) is 11.1 Å². The van der Waals surface area contributed by atoms with Crippen molar-refractivity contribution in [3.05, 3.63) is 40.9 Å². The quantitative estimate of drug-likeness (QED) is 0.901. The van der Waals surface area contributed by atoms with Crippen molar-refractivity contribution < 1.29 is 9.90 Å². The summed E-state index contributed by atoms with van der Waals surface area (Å²) in [6.45, 7) is 0. The van der Waals surface area contributed by atoms with Crippen LogP contribution in [0.15, 0.2) is 29.6 Å². The van der Waals surface area contributed by atoms with Crippen LogP contribution in [0.5, 0.6) is 0 Å². The van der Waals surface area contributed by atoms with Crippen LogP contribution >= 0.6 is 11.3 Å². The van der Waals surface area contributed by atoms with Crippen molar-refractivity contribution in [2.75, 3.05) is 0 Å². The van der Waals surface area contributed by atoms with E-state index in [1.54, 1.807) is 5.38 Å². The predicted octanol–water partition coefficient (Wildman–Crippen LogP) is 3.39. The van der Waals surface area contributed by atoms with Crippen LogP contribution in [0.4, 0.5) is 0 Å². The van der Waals surface area contributed by atoms with Gasteiger partial charge in [0.15, 0.2) is 5.69 Å². The normalized spacial score (nSPS) is 14.8. The van der Waals surface area contributed by atoms with Crippen LogP contribution in [0.2, 0.25) is 0 Å². The number of nitrogens with zero attached hydrogens (tertiary/aromatic N) is 1. The summed E-state index contributed by atoms with van der Waals surface area (Å²) in [6, 6.07) is 8.15. The van der Waals surface area contributed by atoms with Crippen LogP contribution in [-0.4, -0.2) is 16.1 Å². The summed E-state index contributed by atoms with van der Waals surface area (Å²) in [5, 5.41) is 11.3. The van der Waals surface area contributed by atoms with Crippen LogP contribution in [0.1, 0.15) is 34.8 Å². The zero-order valence-electron chi connectivity index (χ0n) is 9.09. The molecule has 1 aliphatic rings. The molecule has 0 bridgehead atoms. The van der Waals surface area contributed by atoms with Gasteiger partial charge in [-0.25, -0.2) is 9.78 Å². The van der Waals surface area contributed by atoms with Gasteiger partial charge in [-0.05, 0) is 24.3 Å². The molecule has 2 aromatic rings. The first-order chi connectivity index (χ1) is 8.25. The van der Waals surface area contributed by atoms with Gasteiger partial charge in [0.25, 0.3) is 0 Å². The number of aromatic nitrogens is 1. The minimum atomic E-state index is -0.962.